The fourth-order valence-electron chi connectivity index (χ4n) is 3.06. The van der Waals surface area contributed by atoms with Crippen LogP contribution in [0.5, 0.6) is 0 Å². The van der Waals surface area contributed by atoms with Crippen LogP contribution < -0.4 is 10.2 Å². The van der Waals surface area contributed by atoms with Crippen LogP contribution in [0.25, 0.3) is 10.8 Å². The summed E-state index contributed by atoms with van der Waals surface area (Å²) in [5, 5.41) is 5.83. The fraction of sp³-hybridized carbons (Fsp3) is 0.111. The van der Waals surface area contributed by atoms with Crippen molar-refractivity contribution >= 4 is 47.4 Å². The second kappa shape index (κ2) is 5.54. The van der Waals surface area contributed by atoms with Gasteiger partial charge in [0.25, 0.3) is 0 Å². The van der Waals surface area contributed by atoms with E-state index in [2.05, 4.69) is 83.5 Å². The molecule has 0 aliphatic carbocycles. The highest BCUT2D eigenvalue weighted by molar-refractivity contribution is 7.81. The summed E-state index contributed by atoms with van der Waals surface area (Å²) in [4.78, 5) is 3.20. The summed E-state index contributed by atoms with van der Waals surface area (Å²) >= 11 is 9.32. The Balaban J connectivity index is 1.99. The lowest BCUT2D eigenvalue weighted by molar-refractivity contribution is 0.627. The molecular weight excluding hydrogens is 308 g/mol. The minimum absolute atomic E-state index is 0.0616. The zero-order chi connectivity index (χ0) is 15.1. The van der Waals surface area contributed by atoms with Crippen molar-refractivity contribution in [2.24, 2.45) is 0 Å². The lowest BCUT2D eigenvalue weighted by Crippen LogP contribution is -2.43. The van der Waals surface area contributed by atoms with Crippen LogP contribution in [-0.2, 0) is 6.54 Å². The number of hydrogen-bond donors (Lipinski definition) is 3. The predicted molar refractivity (Wildman–Crippen MR) is 99.4 cm³/mol. The van der Waals surface area contributed by atoms with Gasteiger partial charge in [-0.25, -0.2) is 0 Å². The average molecular weight is 324 g/mol. The predicted octanol–water partition coefficient (Wildman–Crippen LogP) is 4.58. The van der Waals surface area contributed by atoms with Crippen LogP contribution in [0.3, 0.4) is 0 Å². The first-order valence-corrected chi connectivity index (χ1v) is 8.21. The molecule has 1 N–H and O–H groups in total. The van der Waals surface area contributed by atoms with Crippen molar-refractivity contribution in [3.8, 4) is 0 Å². The molecule has 0 amide bonds. The molecule has 110 valence electrons. The van der Waals surface area contributed by atoms with Gasteiger partial charge in [-0.15, -0.1) is 25.3 Å². The summed E-state index contributed by atoms with van der Waals surface area (Å²) in [6.45, 7) is 0.833. The van der Waals surface area contributed by atoms with E-state index in [1.165, 1.54) is 22.0 Å². The van der Waals surface area contributed by atoms with Gasteiger partial charge in [-0.05, 0) is 29.1 Å². The minimum atomic E-state index is -0.0616. The van der Waals surface area contributed by atoms with Gasteiger partial charge >= 0.3 is 0 Å². The summed E-state index contributed by atoms with van der Waals surface area (Å²) < 4.78 is 0. The molecule has 1 heterocycles. The molecule has 0 spiro atoms. The Bertz CT molecular complexity index is 847. The van der Waals surface area contributed by atoms with E-state index < -0.39 is 0 Å². The fourth-order valence-corrected chi connectivity index (χ4v) is 3.66. The first kappa shape index (κ1) is 14.0. The molecule has 3 aromatic rings. The lowest BCUT2D eigenvalue weighted by atomic mass is 10.0. The third kappa shape index (κ3) is 2.28. The Morgan fingerprint density at radius 3 is 2.64 bits per heavy atom. The third-order valence-corrected chi connectivity index (χ3v) is 4.73. The Morgan fingerprint density at radius 1 is 0.955 bits per heavy atom. The molecule has 0 saturated carbocycles. The van der Waals surface area contributed by atoms with E-state index in [-0.39, 0.29) is 5.50 Å². The molecule has 0 radical (unpaired) electrons. The second-order valence-electron chi connectivity index (χ2n) is 5.44. The largest absolute Gasteiger partial charge is 0.316 e. The molecule has 0 fully saturated rings. The van der Waals surface area contributed by atoms with Gasteiger partial charge in [0.15, 0.2) is 0 Å². The van der Waals surface area contributed by atoms with Crippen molar-refractivity contribution in [2.45, 2.75) is 16.9 Å². The number of anilines is 2. The Labute approximate surface area is 141 Å². The molecule has 22 heavy (non-hydrogen) atoms. The van der Waals surface area contributed by atoms with Crippen molar-refractivity contribution in [3.63, 3.8) is 0 Å². The molecule has 0 saturated heterocycles. The minimum Gasteiger partial charge on any atom is -0.316 e. The zero-order valence-corrected chi connectivity index (χ0v) is 13.7. The maximum absolute atomic E-state index is 4.74. The maximum Gasteiger partial charge on any atom is 0.130 e. The number of rotatable bonds is 1. The molecular formula is C18H16N2S2. The Morgan fingerprint density at radius 2 is 1.73 bits per heavy atom. The Kier molecular flexibility index (Phi) is 3.53. The highest BCUT2D eigenvalue weighted by Gasteiger charge is 2.25. The van der Waals surface area contributed by atoms with E-state index in [1.54, 1.807) is 0 Å². The van der Waals surface area contributed by atoms with Gasteiger partial charge in [0, 0.05) is 22.5 Å². The van der Waals surface area contributed by atoms with Gasteiger partial charge in [0.2, 0.25) is 0 Å². The zero-order valence-electron chi connectivity index (χ0n) is 11.9. The number of hydrogen-bond acceptors (Lipinski definition) is 4. The summed E-state index contributed by atoms with van der Waals surface area (Å²) in [7, 11) is 0. The number of thiol groups is 2. The summed E-state index contributed by atoms with van der Waals surface area (Å²) in [6, 6.07) is 21.1. The molecule has 0 aromatic heterocycles. The second-order valence-corrected chi connectivity index (χ2v) is 6.44. The molecule has 3 aromatic carbocycles. The van der Waals surface area contributed by atoms with E-state index >= 15 is 0 Å². The molecule has 1 unspecified atom stereocenters. The third-order valence-electron chi connectivity index (χ3n) is 4.06. The van der Waals surface area contributed by atoms with Gasteiger partial charge in [0.1, 0.15) is 5.50 Å². The van der Waals surface area contributed by atoms with Crippen LogP contribution in [-0.4, -0.2) is 5.50 Å². The van der Waals surface area contributed by atoms with Crippen LogP contribution in [0.4, 0.5) is 11.4 Å². The molecule has 4 heteroatoms. The van der Waals surface area contributed by atoms with Crippen LogP contribution in [0.1, 0.15) is 5.56 Å². The number of nitrogens with one attached hydrogen (secondary N) is 1. The normalized spacial score (nSPS) is 17.5. The summed E-state index contributed by atoms with van der Waals surface area (Å²) in [6.07, 6.45) is 0. The van der Waals surface area contributed by atoms with Crippen LogP contribution >= 0.6 is 25.3 Å². The summed E-state index contributed by atoms with van der Waals surface area (Å²) in [5.41, 5.74) is 3.54. The molecule has 1 aliphatic heterocycles. The van der Waals surface area contributed by atoms with E-state index in [9.17, 15) is 0 Å². The van der Waals surface area contributed by atoms with Gasteiger partial charge in [-0.1, -0.05) is 42.5 Å². The van der Waals surface area contributed by atoms with Crippen LogP contribution in [0.2, 0.25) is 0 Å². The van der Waals surface area contributed by atoms with E-state index in [0.717, 1.165) is 17.1 Å². The first-order chi connectivity index (χ1) is 10.7. The standard InChI is InChI=1S/C18H16N2S2/c21-14-9-12-5-1-3-7-15(12)17(10-14)20-16-8-4-2-6-13(16)11-19-18(20)22/h1-10,18-19,21-22H,11H2. The summed E-state index contributed by atoms with van der Waals surface area (Å²) in [5.74, 6) is 0. The van der Waals surface area contributed by atoms with Crippen molar-refractivity contribution in [3.05, 3.63) is 66.2 Å². The Hall–Kier alpha value is -1.62. The van der Waals surface area contributed by atoms with E-state index in [1.807, 2.05) is 0 Å². The topological polar surface area (TPSA) is 15.3 Å². The number of benzene rings is 3. The van der Waals surface area contributed by atoms with Gasteiger partial charge in [-0.2, -0.15) is 0 Å². The number of nitrogens with zero attached hydrogens (tertiary/aromatic N) is 1. The molecule has 0 bridgehead atoms. The lowest BCUT2D eigenvalue weighted by Gasteiger charge is -2.37. The van der Waals surface area contributed by atoms with Gasteiger partial charge < -0.3 is 4.90 Å². The quantitative estimate of drug-likeness (QED) is 0.568. The molecule has 1 atom stereocenters. The van der Waals surface area contributed by atoms with E-state index in [4.69, 9.17) is 12.6 Å². The number of para-hydroxylation sites is 1. The van der Waals surface area contributed by atoms with Crippen molar-refractivity contribution < 1.29 is 0 Å². The average Bonchev–Trinajstić information content (AvgIpc) is 2.54. The van der Waals surface area contributed by atoms with Crippen LogP contribution in [0, 0.1) is 0 Å². The van der Waals surface area contributed by atoms with Crippen LogP contribution in [0.15, 0.2) is 65.6 Å². The SMILES string of the molecule is Sc1cc(N2c3ccccc3CNC2S)c2ccccc2c1. The maximum atomic E-state index is 4.74. The van der Waals surface area contributed by atoms with Crippen molar-refractivity contribution in [1.29, 1.82) is 0 Å². The van der Waals surface area contributed by atoms with E-state index in [0.29, 0.717) is 0 Å². The molecule has 2 nitrogen and oxygen atoms in total. The molecule has 4 rings (SSSR count). The van der Waals surface area contributed by atoms with Crippen molar-refractivity contribution in [2.75, 3.05) is 4.90 Å². The smallest absolute Gasteiger partial charge is 0.130 e. The van der Waals surface area contributed by atoms with Gasteiger partial charge in [0.05, 0.1) is 5.69 Å². The number of fused-ring (bicyclic) bond motifs is 2. The van der Waals surface area contributed by atoms with Gasteiger partial charge in [-0.3, -0.25) is 5.32 Å². The highest BCUT2D eigenvalue weighted by atomic mass is 32.1. The highest BCUT2D eigenvalue weighted by Crippen LogP contribution is 2.39. The first-order valence-electron chi connectivity index (χ1n) is 7.24. The van der Waals surface area contributed by atoms with Crippen molar-refractivity contribution in [1.82, 2.24) is 5.32 Å². The molecule has 1 aliphatic rings. The monoisotopic (exact) mass is 324 g/mol.